The molecule has 6 nitrogen and oxygen atoms in total. The van der Waals surface area contributed by atoms with Crippen molar-refractivity contribution in [3.63, 3.8) is 0 Å². The number of nitrogens with one attached hydrogen (secondary N) is 1. The van der Waals surface area contributed by atoms with Gasteiger partial charge in [-0.25, -0.2) is 9.38 Å². The van der Waals surface area contributed by atoms with Crippen molar-refractivity contribution in [3.05, 3.63) is 30.1 Å². The first-order valence-electron chi connectivity index (χ1n) is 9.07. The van der Waals surface area contributed by atoms with Crippen LogP contribution in [-0.2, 0) is 4.79 Å². The Bertz CT molecular complexity index is 621. The first-order chi connectivity index (χ1) is 12.5. The predicted octanol–water partition coefficient (Wildman–Crippen LogP) is 2.73. The van der Waals surface area contributed by atoms with E-state index >= 15 is 0 Å². The van der Waals surface area contributed by atoms with Gasteiger partial charge >= 0.3 is 0 Å². The van der Waals surface area contributed by atoms with Crippen LogP contribution in [0, 0.1) is 5.82 Å². The van der Waals surface area contributed by atoms with Crippen molar-refractivity contribution >= 4 is 35.8 Å². The molecule has 0 spiro atoms. The number of rotatable bonds is 7. The lowest BCUT2D eigenvalue weighted by Gasteiger charge is -2.25. The third-order valence-electron chi connectivity index (χ3n) is 4.43. The largest absolute Gasteiger partial charge is 0.489 e. The van der Waals surface area contributed by atoms with Gasteiger partial charge in [0, 0.05) is 27.2 Å². The molecular weight excluding hydrogens is 462 g/mol. The number of para-hydroxylation sites is 1. The Labute approximate surface area is 178 Å². The number of hydrogen-bond donors (Lipinski definition) is 1. The van der Waals surface area contributed by atoms with Gasteiger partial charge in [-0.3, -0.25) is 4.79 Å². The highest BCUT2D eigenvalue weighted by atomic mass is 127. The molecule has 1 aromatic carbocycles. The van der Waals surface area contributed by atoms with E-state index in [1.54, 1.807) is 32.3 Å². The minimum Gasteiger partial charge on any atom is -0.489 e. The third kappa shape index (κ3) is 7.90. The quantitative estimate of drug-likeness (QED) is 0.362. The lowest BCUT2D eigenvalue weighted by Crippen LogP contribution is -2.45. The average molecular weight is 492 g/mol. The fourth-order valence-electron chi connectivity index (χ4n) is 2.77. The van der Waals surface area contributed by atoms with Crippen LogP contribution in [0.5, 0.6) is 5.75 Å². The highest BCUT2D eigenvalue weighted by molar-refractivity contribution is 14.0. The van der Waals surface area contributed by atoms with Gasteiger partial charge in [-0.2, -0.15) is 0 Å². The van der Waals surface area contributed by atoms with Crippen molar-refractivity contribution < 1.29 is 13.9 Å². The Hall–Kier alpha value is -1.58. The molecule has 0 radical (unpaired) electrons. The molecule has 0 bridgehead atoms. The van der Waals surface area contributed by atoms with E-state index in [-0.39, 0.29) is 48.0 Å². The molecule has 1 saturated carbocycles. The first-order valence-corrected chi connectivity index (χ1v) is 9.07. The number of likely N-dealkylation sites (N-methyl/N-ethyl adjacent to an activating group) is 2. The summed E-state index contributed by atoms with van der Waals surface area (Å²) in [4.78, 5) is 19.8. The Morgan fingerprint density at radius 2 is 1.93 bits per heavy atom. The third-order valence-corrected chi connectivity index (χ3v) is 4.43. The fraction of sp³-hybridized carbons (Fsp3) is 0.579. The first kappa shape index (κ1) is 23.5. The van der Waals surface area contributed by atoms with Crippen LogP contribution in [0.3, 0.4) is 0 Å². The standard InChI is InChI=1S/C19H29FN4O2.HI/c1-23(2)18(25)14-21-19(22-15-8-4-5-9-15)24(3)12-13-26-17-11-7-6-10-16(17)20;/h6-7,10-11,15H,4-5,8-9,12-14H2,1-3H3,(H,21,22);1H. The molecule has 2 rings (SSSR count). The molecule has 0 atom stereocenters. The SMILES string of the molecule is CN(C)C(=O)CN=C(NC1CCCC1)N(C)CCOc1ccccc1F.I. The molecule has 1 N–H and O–H groups in total. The number of carbonyl (C=O) groups excluding carboxylic acids is 1. The fourth-order valence-corrected chi connectivity index (χ4v) is 2.77. The van der Waals surface area contributed by atoms with E-state index < -0.39 is 0 Å². The van der Waals surface area contributed by atoms with Crippen LogP contribution in [0.4, 0.5) is 4.39 Å². The molecule has 0 heterocycles. The van der Waals surface area contributed by atoms with Gasteiger partial charge in [0.15, 0.2) is 17.5 Å². The second-order valence-corrected chi connectivity index (χ2v) is 6.75. The zero-order valence-corrected chi connectivity index (χ0v) is 18.6. The number of amides is 1. The van der Waals surface area contributed by atoms with Gasteiger partial charge in [0.05, 0.1) is 6.54 Å². The number of benzene rings is 1. The zero-order chi connectivity index (χ0) is 18.9. The number of carbonyl (C=O) groups is 1. The highest BCUT2D eigenvalue weighted by Crippen LogP contribution is 2.18. The molecular formula is C19H30FIN4O2. The number of guanidine groups is 1. The van der Waals surface area contributed by atoms with E-state index in [4.69, 9.17) is 4.74 Å². The number of ether oxygens (including phenoxy) is 1. The van der Waals surface area contributed by atoms with Crippen LogP contribution in [0.1, 0.15) is 25.7 Å². The Balaban J connectivity index is 0.00000364. The number of halogens is 2. The van der Waals surface area contributed by atoms with E-state index in [1.807, 2.05) is 11.9 Å². The van der Waals surface area contributed by atoms with Crippen LogP contribution in [-0.4, -0.2) is 68.5 Å². The number of hydrogen-bond acceptors (Lipinski definition) is 3. The van der Waals surface area contributed by atoms with Gasteiger partial charge < -0.3 is 19.9 Å². The number of nitrogens with zero attached hydrogens (tertiary/aromatic N) is 3. The lowest BCUT2D eigenvalue weighted by atomic mass is 10.2. The van der Waals surface area contributed by atoms with Gasteiger partial charge in [0.25, 0.3) is 0 Å². The summed E-state index contributed by atoms with van der Waals surface area (Å²) in [6.07, 6.45) is 4.64. The lowest BCUT2D eigenvalue weighted by molar-refractivity contribution is -0.127. The van der Waals surface area contributed by atoms with Crippen molar-refractivity contribution in [2.24, 2.45) is 4.99 Å². The van der Waals surface area contributed by atoms with Gasteiger partial charge in [-0.15, -0.1) is 24.0 Å². The van der Waals surface area contributed by atoms with Crippen molar-refractivity contribution in [3.8, 4) is 5.75 Å². The normalized spacial score (nSPS) is 14.4. The molecule has 1 aliphatic carbocycles. The van der Waals surface area contributed by atoms with Crippen LogP contribution in [0.25, 0.3) is 0 Å². The van der Waals surface area contributed by atoms with E-state index in [1.165, 1.54) is 23.8 Å². The summed E-state index contributed by atoms with van der Waals surface area (Å²) >= 11 is 0. The Kier molecular flexibility index (Phi) is 10.4. The van der Waals surface area contributed by atoms with Crippen LogP contribution < -0.4 is 10.1 Å². The molecule has 152 valence electrons. The van der Waals surface area contributed by atoms with Crippen molar-refractivity contribution in [2.75, 3.05) is 40.8 Å². The maximum Gasteiger partial charge on any atom is 0.243 e. The van der Waals surface area contributed by atoms with E-state index in [9.17, 15) is 9.18 Å². The molecule has 1 aromatic rings. The highest BCUT2D eigenvalue weighted by Gasteiger charge is 2.18. The molecule has 0 aliphatic heterocycles. The van der Waals surface area contributed by atoms with E-state index in [2.05, 4.69) is 10.3 Å². The van der Waals surface area contributed by atoms with Crippen molar-refractivity contribution in [1.82, 2.24) is 15.1 Å². The molecule has 0 unspecified atom stereocenters. The summed E-state index contributed by atoms with van der Waals surface area (Å²) in [5.41, 5.74) is 0. The summed E-state index contributed by atoms with van der Waals surface area (Å²) in [5, 5.41) is 3.45. The number of aliphatic imine (C=N–C) groups is 1. The Morgan fingerprint density at radius 3 is 2.56 bits per heavy atom. The molecule has 8 heteroatoms. The van der Waals surface area contributed by atoms with Crippen LogP contribution >= 0.6 is 24.0 Å². The summed E-state index contributed by atoms with van der Waals surface area (Å²) < 4.78 is 19.1. The molecule has 0 saturated heterocycles. The average Bonchev–Trinajstić information content (AvgIpc) is 3.12. The summed E-state index contributed by atoms with van der Waals surface area (Å²) in [7, 11) is 5.33. The maximum absolute atomic E-state index is 13.6. The van der Waals surface area contributed by atoms with Gasteiger partial charge in [0.2, 0.25) is 5.91 Å². The molecule has 1 fully saturated rings. The minimum absolute atomic E-state index is 0. The van der Waals surface area contributed by atoms with E-state index in [0.717, 1.165) is 12.8 Å². The van der Waals surface area contributed by atoms with Crippen molar-refractivity contribution in [2.45, 2.75) is 31.7 Å². The molecule has 1 aliphatic rings. The summed E-state index contributed by atoms with van der Waals surface area (Å²) in [6, 6.07) is 6.74. The minimum atomic E-state index is -0.371. The van der Waals surface area contributed by atoms with E-state index in [0.29, 0.717) is 25.2 Å². The molecule has 0 aromatic heterocycles. The van der Waals surface area contributed by atoms with Gasteiger partial charge in [0.1, 0.15) is 13.2 Å². The topological polar surface area (TPSA) is 57.2 Å². The monoisotopic (exact) mass is 492 g/mol. The molecule has 1 amide bonds. The second kappa shape index (κ2) is 12.0. The smallest absolute Gasteiger partial charge is 0.243 e. The van der Waals surface area contributed by atoms with Crippen LogP contribution in [0.2, 0.25) is 0 Å². The second-order valence-electron chi connectivity index (χ2n) is 6.75. The Morgan fingerprint density at radius 1 is 1.26 bits per heavy atom. The summed E-state index contributed by atoms with van der Waals surface area (Å²) in [6.45, 7) is 0.952. The zero-order valence-electron chi connectivity index (χ0n) is 16.3. The van der Waals surface area contributed by atoms with Crippen molar-refractivity contribution in [1.29, 1.82) is 0 Å². The van der Waals surface area contributed by atoms with Crippen LogP contribution in [0.15, 0.2) is 29.3 Å². The predicted molar refractivity (Wildman–Crippen MR) is 116 cm³/mol. The van der Waals surface area contributed by atoms with Gasteiger partial charge in [-0.05, 0) is 25.0 Å². The summed E-state index contributed by atoms with van der Waals surface area (Å²) in [5.74, 6) is 0.506. The molecule has 27 heavy (non-hydrogen) atoms. The maximum atomic E-state index is 13.6. The van der Waals surface area contributed by atoms with Gasteiger partial charge in [-0.1, -0.05) is 25.0 Å².